The zero-order valence-electron chi connectivity index (χ0n) is 19.2. The van der Waals surface area contributed by atoms with Crippen LogP contribution in [0.2, 0.25) is 5.02 Å². The number of carboxylic acids is 1. The van der Waals surface area contributed by atoms with E-state index in [2.05, 4.69) is 0 Å². The highest BCUT2D eigenvalue weighted by Crippen LogP contribution is 2.31. The van der Waals surface area contributed by atoms with Crippen LogP contribution in [0.3, 0.4) is 0 Å². The van der Waals surface area contributed by atoms with Gasteiger partial charge in [0.05, 0.1) is 11.4 Å². The Labute approximate surface area is 203 Å². The number of aliphatic carboxylic acids is 1. The number of primary amides is 1. The maximum Gasteiger partial charge on any atom is 0.326 e. The highest BCUT2D eigenvalue weighted by atomic mass is 35.5. The molecular weight excluding hydrogens is 482 g/mol. The molecule has 1 fully saturated rings. The number of likely N-dealkylation sites (tertiary alicyclic amines) is 1. The number of nitrogens with two attached hydrogens (primary N) is 1. The van der Waals surface area contributed by atoms with Gasteiger partial charge in [-0.05, 0) is 53.3 Å². The van der Waals surface area contributed by atoms with E-state index in [4.69, 9.17) is 17.3 Å². The number of benzene rings is 2. The van der Waals surface area contributed by atoms with Gasteiger partial charge >= 0.3 is 5.97 Å². The second-order valence-corrected chi connectivity index (χ2v) is 12.0. The first-order chi connectivity index (χ1) is 15.7. The van der Waals surface area contributed by atoms with Crippen molar-refractivity contribution in [1.82, 2.24) is 9.21 Å². The number of amides is 2. The second-order valence-electron chi connectivity index (χ2n) is 9.62. The molecule has 1 heterocycles. The number of halogens is 1. The van der Waals surface area contributed by atoms with Gasteiger partial charge in [0.15, 0.2) is 0 Å². The monoisotopic (exact) mass is 509 g/mol. The predicted molar refractivity (Wildman–Crippen MR) is 128 cm³/mol. The van der Waals surface area contributed by atoms with E-state index >= 15 is 0 Å². The third kappa shape index (κ3) is 5.51. The molecule has 2 atom stereocenters. The van der Waals surface area contributed by atoms with Crippen LogP contribution in [0.25, 0.3) is 10.8 Å². The molecule has 0 saturated carbocycles. The predicted octanol–water partition coefficient (Wildman–Crippen LogP) is 2.46. The number of fused-ring (bicyclic) bond motifs is 1. The zero-order valence-corrected chi connectivity index (χ0v) is 20.8. The molecule has 2 aromatic rings. The summed E-state index contributed by atoms with van der Waals surface area (Å²) in [5.74, 6) is -2.75. The number of carboxylic acid groups (broad SMARTS) is 1. The molecule has 3 N–H and O–H groups in total. The number of rotatable bonds is 8. The minimum Gasteiger partial charge on any atom is -0.480 e. The van der Waals surface area contributed by atoms with Crippen molar-refractivity contribution in [3.8, 4) is 0 Å². The van der Waals surface area contributed by atoms with E-state index < -0.39 is 46.4 Å². The Morgan fingerprint density at radius 3 is 2.41 bits per heavy atom. The summed E-state index contributed by atoms with van der Waals surface area (Å²) in [7, 11) is -4.31. The lowest BCUT2D eigenvalue weighted by molar-refractivity contribution is -0.150. The average Bonchev–Trinajstić information content (AvgIpc) is 3.09. The van der Waals surface area contributed by atoms with Crippen molar-refractivity contribution in [3.05, 3.63) is 41.4 Å². The summed E-state index contributed by atoms with van der Waals surface area (Å²) in [6.07, 6.45) is 0.235. The molecule has 34 heavy (non-hydrogen) atoms. The lowest BCUT2D eigenvalue weighted by atomic mass is 9.87. The molecule has 2 amide bonds. The van der Waals surface area contributed by atoms with Crippen molar-refractivity contribution < 1.29 is 27.9 Å². The van der Waals surface area contributed by atoms with Crippen LogP contribution in [0.5, 0.6) is 0 Å². The fraction of sp³-hybridized carbons (Fsp3) is 0.435. The number of hydrogen-bond acceptors (Lipinski definition) is 5. The van der Waals surface area contributed by atoms with E-state index in [0.717, 1.165) is 9.69 Å². The molecule has 1 aliphatic rings. The summed E-state index contributed by atoms with van der Waals surface area (Å²) in [6.45, 7) is 4.92. The van der Waals surface area contributed by atoms with E-state index in [1.54, 1.807) is 24.3 Å². The molecule has 0 unspecified atom stereocenters. The molecule has 0 aliphatic carbocycles. The summed E-state index contributed by atoms with van der Waals surface area (Å²) in [6, 6.07) is 7.03. The van der Waals surface area contributed by atoms with Crippen LogP contribution in [0.1, 0.15) is 33.6 Å². The largest absolute Gasteiger partial charge is 0.480 e. The summed E-state index contributed by atoms with van der Waals surface area (Å²) >= 11 is 6.00. The van der Waals surface area contributed by atoms with Crippen molar-refractivity contribution >= 4 is 50.2 Å². The number of nitrogens with zero attached hydrogens (tertiary/aromatic N) is 2. The molecule has 0 spiro atoms. The molecule has 0 aromatic heterocycles. The van der Waals surface area contributed by atoms with Gasteiger partial charge in [0, 0.05) is 11.6 Å². The molecular formula is C23H28ClN3O6S. The first-order valence-corrected chi connectivity index (χ1v) is 12.6. The van der Waals surface area contributed by atoms with Crippen LogP contribution in [0.4, 0.5) is 0 Å². The van der Waals surface area contributed by atoms with Gasteiger partial charge in [-0.1, -0.05) is 44.5 Å². The summed E-state index contributed by atoms with van der Waals surface area (Å²) < 4.78 is 27.9. The molecule has 11 heteroatoms. The molecule has 1 saturated heterocycles. The second kappa shape index (κ2) is 9.52. The van der Waals surface area contributed by atoms with Crippen LogP contribution in [-0.4, -0.2) is 65.7 Å². The van der Waals surface area contributed by atoms with E-state index in [1.165, 1.54) is 17.0 Å². The Balaban J connectivity index is 1.98. The SMILES string of the molecule is CC(C)(C)C[C@@H](C(=O)O)N1CC[C@H](N(CC(N)=O)S(=O)(=O)c2ccc3cc(Cl)ccc3c2)C1=O. The smallest absolute Gasteiger partial charge is 0.326 e. The van der Waals surface area contributed by atoms with Crippen molar-refractivity contribution in [1.29, 1.82) is 0 Å². The number of sulfonamides is 1. The standard InChI is InChI=1S/C23H28ClN3O6S/c1-23(2,3)12-19(22(30)31)26-9-8-18(21(26)29)27(13-20(25)28)34(32,33)17-7-5-14-10-16(24)6-4-15(14)11-17/h4-7,10-11,18-19H,8-9,12-13H2,1-3H3,(H2,25,28)(H,30,31)/t18-,19-/m0/s1. The lowest BCUT2D eigenvalue weighted by Gasteiger charge is -2.31. The summed E-state index contributed by atoms with van der Waals surface area (Å²) in [5, 5.41) is 11.6. The Morgan fingerprint density at radius 1 is 1.21 bits per heavy atom. The van der Waals surface area contributed by atoms with Crippen LogP contribution in [-0.2, 0) is 24.4 Å². The Morgan fingerprint density at radius 2 is 1.82 bits per heavy atom. The minimum absolute atomic E-state index is 0.0441. The quantitative estimate of drug-likeness (QED) is 0.560. The first kappa shape index (κ1) is 25.9. The van der Waals surface area contributed by atoms with Crippen LogP contribution < -0.4 is 5.73 Å². The van der Waals surface area contributed by atoms with Crippen molar-refractivity contribution in [2.45, 2.75) is 50.6 Å². The van der Waals surface area contributed by atoms with Crippen LogP contribution >= 0.6 is 11.6 Å². The molecule has 3 rings (SSSR count). The Hall–Kier alpha value is -2.69. The van der Waals surface area contributed by atoms with Crippen LogP contribution in [0.15, 0.2) is 41.3 Å². The summed E-state index contributed by atoms with van der Waals surface area (Å²) in [4.78, 5) is 38.1. The molecule has 2 aromatic carbocycles. The van der Waals surface area contributed by atoms with E-state index in [-0.39, 0.29) is 29.7 Å². The molecule has 0 bridgehead atoms. The van der Waals surface area contributed by atoms with Gasteiger partial charge < -0.3 is 15.7 Å². The van der Waals surface area contributed by atoms with E-state index in [1.807, 2.05) is 20.8 Å². The third-order valence-electron chi connectivity index (χ3n) is 5.72. The molecule has 0 radical (unpaired) electrons. The van der Waals surface area contributed by atoms with Gasteiger partial charge in [-0.3, -0.25) is 9.59 Å². The molecule has 9 nitrogen and oxygen atoms in total. The topological polar surface area (TPSA) is 138 Å². The maximum absolute atomic E-state index is 13.6. The average molecular weight is 510 g/mol. The van der Waals surface area contributed by atoms with Gasteiger partial charge in [-0.15, -0.1) is 0 Å². The van der Waals surface area contributed by atoms with Gasteiger partial charge in [0.2, 0.25) is 21.8 Å². The zero-order chi connectivity index (χ0) is 25.4. The number of carbonyl (C=O) groups excluding carboxylic acids is 2. The van der Waals surface area contributed by atoms with Crippen LogP contribution in [0, 0.1) is 5.41 Å². The van der Waals surface area contributed by atoms with Crippen molar-refractivity contribution in [2.75, 3.05) is 13.1 Å². The Bertz CT molecular complexity index is 1240. The first-order valence-electron chi connectivity index (χ1n) is 10.7. The highest BCUT2D eigenvalue weighted by Gasteiger charge is 2.46. The maximum atomic E-state index is 13.6. The normalized spacial score (nSPS) is 18.0. The van der Waals surface area contributed by atoms with E-state index in [0.29, 0.717) is 10.4 Å². The lowest BCUT2D eigenvalue weighted by Crippen LogP contribution is -2.51. The highest BCUT2D eigenvalue weighted by molar-refractivity contribution is 7.89. The van der Waals surface area contributed by atoms with Gasteiger partial charge in [0.1, 0.15) is 12.1 Å². The fourth-order valence-electron chi connectivity index (χ4n) is 4.18. The van der Waals surface area contributed by atoms with Gasteiger partial charge in [-0.25, -0.2) is 13.2 Å². The molecule has 184 valence electrons. The van der Waals surface area contributed by atoms with Gasteiger partial charge in [0.25, 0.3) is 0 Å². The molecule has 1 aliphatic heterocycles. The fourth-order valence-corrected chi connectivity index (χ4v) is 5.98. The summed E-state index contributed by atoms with van der Waals surface area (Å²) in [5.41, 5.74) is 4.96. The van der Waals surface area contributed by atoms with E-state index in [9.17, 15) is 27.9 Å². The van der Waals surface area contributed by atoms with Crippen molar-refractivity contribution in [2.24, 2.45) is 11.1 Å². The number of hydrogen-bond donors (Lipinski definition) is 2. The third-order valence-corrected chi connectivity index (χ3v) is 7.80. The Kier molecular flexibility index (Phi) is 7.26. The van der Waals surface area contributed by atoms with Crippen molar-refractivity contribution in [3.63, 3.8) is 0 Å². The number of carbonyl (C=O) groups is 3. The minimum atomic E-state index is -4.31. The van der Waals surface area contributed by atoms with Gasteiger partial charge in [-0.2, -0.15) is 4.31 Å².